The van der Waals surface area contributed by atoms with Gasteiger partial charge >= 0.3 is 0 Å². The number of carbonyl (C=O) groups is 2. The van der Waals surface area contributed by atoms with Gasteiger partial charge in [-0.15, -0.1) is 0 Å². The normalized spacial score (nSPS) is 13.4. The smallest absolute Gasteiger partial charge is 0.253 e. The van der Waals surface area contributed by atoms with E-state index in [1.807, 2.05) is 61.7 Å². The van der Waals surface area contributed by atoms with Gasteiger partial charge in [-0.25, -0.2) is 0 Å². The second-order valence-electron chi connectivity index (χ2n) is 12.6. The van der Waals surface area contributed by atoms with Crippen LogP contribution in [0.2, 0.25) is 5.02 Å². The maximum absolute atomic E-state index is 12.0. The Kier molecular flexibility index (Phi) is 9.20. The first-order chi connectivity index (χ1) is 23.0. The van der Waals surface area contributed by atoms with Crippen LogP contribution < -0.4 is 21.8 Å². The Balaban J connectivity index is 0.000000173. The first-order valence-electron chi connectivity index (χ1n) is 15.9. The number of carbonyl (C=O) groups excluding carboxylic acids is 2. The lowest BCUT2D eigenvalue weighted by atomic mass is 9.89. The number of anilines is 2. The van der Waals surface area contributed by atoms with Crippen molar-refractivity contribution in [2.45, 2.75) is 46.0 Å². The fourth-order valence-corrected chi connectivity index (χ4v) is 6.74. The lowest BCUT2D eigenvalue weighted by molar-refractivity contribution is -0.117. The minimum atomic E-state index is -0.0175. The summed E-state index contributed by atoms with van der Waals surface area (Å²) in [4.78, 5) is 47.3. The molecular weight excluding hydrogens is 624 g/mol. The molecule has 0 saturated carbocycles. The van der Waals surface area contributed by atoms with Gasteiger partial charge in [0.2, 0.25) is 11.8 Å². The van der Waals surface area contributed by atoms with Crippen LogP contribution >= 0.6 is 11.6 Å². The second-order valence-corrected chi connectivity index (χ2v) is 13.0. The molecule has 4 heterocycles. The number of rotatable bonds is 4. The van der Waals surface area contributed by atoms with Crippen molar-refractivity contribution >= 4 is 34.8 Å². The van der Waals surface area contributed by atoms with Crippen LogP contribution in [0.1, 0.15) is 46.2 Å². The Morgan fingerprint density at radius 1 is 0.625 bits per heavy atom. The summed E-state index contributed by atoms with van der Waals surface area (Å²) in [7, 11) is 3.49. The predicted octanol–water partition coefficient (Wildman–Crippen LogP) is 6.74. The van der Waals surface area contributed by atoms with E-state index < -0.39 is 0 Å². The van der Waals surface area contributed by atoms with Gasteiger partial charge in [-0.1, -0.05) is 48.0 Å². The number of hydrogen-bond donors (Lipinski definition) is 2. The molecule has 2 aliphatic rings. The summed E-state index contributed by atoms with van der Waals surface area (Å²) in [6, 6.07) is 22.1. The number of nitrogens with one attached hydrogen (secondary N) is 2. The van der Waals surface area contributed by atoms with E-state index in [-0.39, 0.29) is 22.9 Å². The SMILES string of the molecule is Cc1cc(-c2cc(Cc3ccccc3)c3c(c2)NC(=O)CC3)cn(C)c1=O.Cc1cc(-c2cc(Cl)c3c(c2)NC(=O)CC3)cn(C)c1=O. The van der Waals surface area contributed by atoms with Gasteiger partial charge in [0.15, 0.2) is 0 Å². The zero-order valence-electron chi connectivity index (χ0n) is 27.4. The molecule has 3 aromatic carbocycles. The standard InChI is InChI=1S/C23H22N2O2.C16H15ClN2O2/c1-15-10-19(14-25(2)23(15)27)17-12-18(11-16-6-4-3-5-7-16)20-8-9-22(26)24-21(20)13-17;1-9-5-11(8-19(2)16(9)21)10-6-13(17)12-3-4-15(20)18-14(12)7-10/h3-7,10,12-14H,8-9,11H2,1-2H3,(H,24,26);5-8H,3-4H2,1-2H3,(H,18,20). The predicted molar refractivity (Wildman–Crippen MR) is 192 cm³/mol. The maximum atomic E-state index is 12.0. The third kappa shape index (κ3) is 6.89. The lowest BCUT2D eigenvalue weighted by Crippen LogP contribution is -2.21. The molecule has 7 rings (SSSR count). The molecule has 0 radical (unpaired) electrons. The molecule has 2 aromatic heterocycles. The Hall–Kier alpha value is -5.21. The van der Waals surface area contributed by atoms with Gasteiger partial charge in [0.1, 0.15) is 0 Å². The molecule has 48 heavy (non-hydrogen) atoms. The Labute approximate surface area is 284 Å². The topological polar surface area (TPSA) is 102 Å². The van der Waals surface area contributed by atoms with Crippen LogP contribution in [0, 0.1) is 13.8 Å². The van der Waals surface area contributed by atoms with E-state index in [0.29, 0.717) is 35.4 Å². The summed E-state index contributed by atoms with van der Waals surface area (Å²) in [6.45, 7) is 3.62. The third-order valence-corrected chi connectivity index (χ3v) is 9.26. The van der Waals surface area contributed by atoms with Crippen molar-refractivity contribution in [3.05, 3.63) is 138 Å². The maximum Gasteiger partial charge on any atom is 0.253 e. The molecule has 2 aliphatic heterocycles. The number of nitrogens with zero attached hydrogens (tertiary/aromatic N) is 2. The number of aromatic nitrogens is 2. The third-order valence-electron chi connectivity index (χ3n) is 8.92. The molecule has 0 aliphatic carbocycles. The van der Waals surface area contributed by atoms with E-state index in [9.17, 15) is 19.2 Å². The fourth-order valence-electron chi connectivity index (χ4n) is 6.42. The summed E-state index contributed by atoms with van der Waals surface area (Å²) in [6.07, 6.45) is 6.85. The number of aryl methyl sites for hydroxylation is 4. The van der Waals surface area contributed by atoms with Crippen molar-refractivity contribution in [1.82, 2.24) is 9.13 Å². The van der Waals surface area contributed by atoms with Crippen LogP contribution in [-0.4, -0.2) is 20.9 Å². The number of halogens is 1. The monoisotopic (exact) mass is 660 g/mol. The molecule has 0 bridgehead atoms. The van der Waals surface area contributed by atoms with Crippen LogP contribution in [0.3, 0.4) is 0 Å². The minimum Gasteiger partial charge on any atom is -0.326 e. The van der Waals surface area contributed by atoms with Gasteiger partial charge in [0.25, 0.3) is 11.1 Å². The van der Waals surface area contributed by atoms with Gasteiger partial charge in [0.05, 0.1) is 0 Å². The molecule has 0 atom stereocenters. The number of benzene rings is 3. The number of fused-ring (bicyclic) bond motifs is 2. The van der Waals surface area contributed by atoms with Crippen molar-refractivity contribution in [3.8, 4) is 22.3 Å². The molecule has 9 heteroatoms. The van der Waals surface area contributed by atoms with Crippen LogP contribution in [0.4, 0.5) is 11.4 Å². The zero-order chi connectivity index (χ0) is 34.1. The zero-order valence-corrected chi connectivity index (χ0v) is 28.2. The van der Waals surface area contributed by atoms with E-state index in [1.54, 1.807) is 36.4 Å². The van der Waals surface area contributed by atoms with Crippen LogP contribution in [0.15, 0.2) is 88.7 Å². The van der Waals surface area contributed by atoms with Gasteiger partial charge in [-0.05, 0) is 108 Å². The van der Waals surface area contributed by atoms with Gasteiger partial charge in [0, 0.05) is 66.9 Å². The first-order valence-corrected chi connectivity index (χ1v) is 16.3. The van der Waals surface area contributed by atoms with Gasteiger partial charge in [-0.3, -0.25) is 19.2 Å². The molecule has 0 unspecified atom stereocenters. The first kappa shape index (κ1) is 32.7. The Morgan fingerprint density at radius 3 is 1.67 bits per heavy atom. The molecule has 244 valence electrons. The number of hydrogen-bond acceptors (Lipinski definition) is 4. The molecule has 0 spiro atoms. The average Bonchev–Trinajstić information content (AvgIpc) is 3.06. The van der Waals surface area contributed by atoms with E-state index in [1.165, 1.54) is 16.7 Å². The summed E-state index contributed by atoms with van der Waals surface area (Å²) in [5.74, 6) is 0.0642. The fraction of sp³-hybridized carbons (Fsp3) is 0.231. The van der Waals surface area contributed by atoms with Crippen LogP contribution in [0.25, 0.3) is 22.3 Å². The summed E-state index contributed by atoms with van der Waals surface area (Å²) < 4.78 is 3.16. The van der Waals surface area contributed by atoms with E-state index in [4.69, 9.17) is 11.6 Å². The molecule has 5 aromatic rings. The van der Waals surface area contributed by atoms with E-state index in [0.717, 1.165) is 52.0 Å². The van der Waals surface area contributed by atoms with Crippen LogP contribution in [-0.2, 0) is 42.9 Å². The van der Waals surface area contributed by atoms with Crippen molar-refractivity contribution in [1.29, 1.82) is 0 Å². The molecule has 0 fully saturated rings. The van der Waals surface area contributed by atoms with Crippen molar-refractivity contribution in [2.24, 2.45) is 14.1 Å². The quantitative estimate of drug-likeness (QED) is 0.223. The average molecular weight is 661 g/mol. The summed E-state index contributed by atoms with van der Waals surface area (Å²) in [5, 5.41) is 6.54. The molecule has 8 nitrogen and oxygen atoms in total. The van der Waals surface area contributed by atoms with E-state index in [2.05, 4.69) is 28.8 Å². The Morgan fingerprint density at radius 2 is 1.12 bits per heavy atom. The number of amides is 2. The highest BCUT2D eigenvalue weighted by Gasteiger charge is 2.21. The van der Waals surface area contributed by atoms with E-state index >= 15 is 0 Å². The highest BCUT2D eigenvalue weighted by molar-refractivity contribution is 6.32. The largest absolute Gasteiger partial charge is 0.326 e. The lowest BCUT2D eigenvalue weighted by Gasteiger charge is -2.22. The molecule has 2 N–H and O–H groups in total. The van der Waals surface area contributed by atoms with Crippen LogP contribution in [0.5, 0.6) is 0 Å². The summed E-state index contributed by atoms with van der Waals surface area (Å²) >= 11 is 6.34. The van der Waals surface area contributed by atoms with Crippen molar-refractivity contribution in [3.63, 3.8) is 0 Å². The van der Waals surface area contributed by atoms with Crippen molar-refractivity contribution < 1.29 is 9.59 Å². The summed E-state index contributed by atoms with van der Waals surface area (Å²) in [5.41, 5.74) is 11.5. The van der Waals surface area contributed by atoms with Crippen molar-refractivity contribution in [2.75, 3.05) is 10.6 Å². The minimum absolute atomic E-state index is 0.00681. The van der Waals surface area contributed by atoms with Gasteiger partial charge in [-0.2, -0.15) is 0 Å². The highest BCUT2D eigenvalue weighted by atomic mass is 35.5. The highest BCUT2D eigenvalue weighted by Crippen LogP contribution is 2.35. The molecule has 2 amide bonds. The molecular formula is C39H37ClN4O4. The second kappa shape index (κ2) is 13.5. The molecule has 0 saturated heterocycles. The Bertz CT molecular complexity index is 2150. The van der Waals surface area contributed by atoms with Gasteiger partial charge < -0.3 is 19.8 Å². The number of pyridine rings is 2.